The van der Waals surface area contributed by atoms with E-state index in [2.05, 4.69) is 30.7 Å². The summed E-state index contributed by atoms with van der Waals surface area (Å²) in [7, 11) is 1.44. The van der Waals surface area contributed by atoms with E-state index in [-0.39, 0.29) is 11.6 Å². The first kappa shape index (κ1) is 19.2. The first-order valence-corrected chi connectivity index (χ1v) is 9.45. The summed E-state index contributed by atoms with van der Waals surface area (Å²) in [5, 5.41) is 24.3. The number of nitrogens with one attached hydrogen (secondary N) is 2. The molecule has 3 aromatic heterocycles. The zero-order valence-corrected chi connectivity index (χ0v) is 16.6. The van der Waals surface area contributed by atoms with Crippen LogP contribution in [0.25, 0.3) is 33.4 Å². The molecule has 0 spiro atoms. The van der Waals surface area contributed by atoms with Gasteiger partial charge in [-0.15, -0.1) is 10.2 Å². The number of nitro benzene ring substituents is 1. The summed E-state index contributed by atoms with van der Waals surface area (Å²) < 4.78 is 11.0. The Balaban J connectivity index is 1.34. The highest BCUT2D eigenvalue weighted by Gasteiger charge is 2.15. The first-order valence-electron chi connectivity index (χ1n) is 9.45. The molecular formula is C21H15N7O4. The minimum atomic E-state index is -0.484. The lowest BCUT2D eigenvalue weighted by molar-refractivity contribution is -0.384. The fraction of sp³-hybridized carbons (Fsp3) is 0.0476. The van der Waals surface area contributed by atoms with E-state index in [0.29, 0.717) is 34.0 Å². The van der Waals surface area contributed by atoms with Crippen LogP contribution in [0.4, 0.5) is 11.6 Å². The number of methoxy groups -OCH3 is 1. The molecule has 0 fully saturated rings. The molecule has 32 heavy (non-hydrogen) atoms. The number of aromatic amines is 1. The predicted octanol–water partition coefficient (Wildman–Crippen LogP) is 4.13. The third kappa shape index (κ3) is 3.47. The fourth-order valence-electron chi connectivity index (χ4n) is 3.29. The van der Waals surface area contributed by atoms with Crippen LogP contribution in [0, 0.1) is 10.1 Å². The SMILES string of the molecule is COc1cc([N+](=O)[O-])ccc1-c1ccc(/C=N\Nc2nnc3c(n2)[nH]c2ccccc23)o1. The number of hydrogen-bond donors (Lipinski definition) is 2. The van der Waals surface area contributed by atoms with Crippen LogP contribution in [-0.2, 0) is 0 Å². The largest absolute Gasteiger partial charge is 0.496 e. The number of H-pyrrole nitrogens is 1. The van der Waals surface area contributed by atoms with Crippen molar-refractivity contribution >= 4 is 39.9 Å². The van der Waals surface area contributed by atoms with Gasteiger partial charge in [-0.1, -0.05) is 18.2 Å². The molecule has 0 aliphatic heterocycles. The molecule has 2 N–H and O–H groups in total. The number of nitro groups is 1. The third-order valence-electron chi connectivity index (χ3n) is 4.77. The number of nitrogens with zero attached hydrogens (tertiary/aromatic N) is 5. The van der Waals surface area contributed by atoms with Crippen LogP contribution < -0.4 is 10.2 Å². The van der Waals surface area contributed by atoms with E-state index in [0.717, 1.165) is 10.9 Å². The predicted molar refractivity (Wildman–Crippen MR) is 118 cm³/mol. The number of benzene rings is 2. The van der Waals surface area contributed by atoms with Crippen molar-refractivity contribution < 1.29 is 14.1 Å². The number of fused-ring (bicyclic) bond motifs is 3. The summed E-state index contributed by atoms with van der Waals surface area (Å²) in [6, 6.07) is 15.5. The van der Waals surface area contributed by atoms with E-state index < -0.39 is 4.92 Å². The molecule has 11 nitrogen and oxygen atoms in total. The highest BCUT2D eigenvalue weighted by Crippen LogP contribution is 2.34. The van der Waals surface area contributed by atoms with Crippen molar-refractivity contribution in [3.63, 3.8) is 0 Å². The second kappa shape index (κ2) is 7.80. The van der Waals surface area contributed by atoms with E-state index in [4.69, 9.17) is 9.15 Å². The normalized spacial score (nSPS) is 11.4. The Morgan fingerprint density at radius 1 is 1.19 bits per heavy atom. The summed E-state index contributed by atoms with van der Waals surface area (Å²) in [5.74, 6) is 1.49. The number of rotatable bonds is 6. The van der Waals surface area contributed by atoms with Crippen LogP contribution in [0.2, 0.25) is 0 Å². The van der Waals surface area contributed by atoms with Gasteiger partial charge >= 0.3 is 0 Å². The van der Waals surface area contributed by atoms with Gasteiger partial charge in [0.2, 0.25) is 0 Å². The molecule has 158 valence electrons. The van der Waals surface area contributed by atoms with Gasteiger partial charge in [-0.25, -0.2) is 5.43 Å². The van der Waals surface area contributed by atoms with E-state index >= 15 is 0 Å². The van der Waals surface area contributed by atoms with Crippen LogP contribution in [-0.4, -0.2) is 38.4 Å². The zero-order chi connectivity index (χ0) is 22.1. The molecule has 2 aromatic carbocycles. The molecule has 0 saturated carbocycles. The summed E-state index contributed by atoms with van der Waals surface area (Å²) in [4.78, 5) is 18.1. The lowest BCUT2D eigenvalue weighted by Crippen LogP contribution is -1.98. The van der Waals surface area contributed by atoms with Gasteiger partial charge in [0.25, 0.3) is 11.6 Å². The standard InChI is InChI=1S/C21H15N7O4/c1-31-18-10-12(28(29)30)6-8-15(18)17-9-7-13(32-17)11-22-26-21-24-20-19(25-27-21)14-4-2-3-5-16(14)23-20/h2-11H,1H3,(H2,23,24,26,27)/b22-11-. The molecule has 0 amide bonds. The Labute approximate surface area is 179 Å². The Morgan fingerprint density at radius 2 is 2.06 bits per heavy atom. The maximum Gasteiger partial charge on any atom is 0.273 e. The molecule has 0 aliphatic rings. The monoisotopic (exact) mass is 429 g/mol. The van der Waals surface area contributed by atoms with Gasteiger partial charge in [0, 0.05) is 17.0 Å². The lowest BCUT2D eigenvalue weighted by Gasteiger charge is -2.05. The Kier molecular flexibility index (Phi) is 4.67. The Hall–Kier alpha value is -4.80. The van der Waals surface area contributed by atoms with E-state index in [1.165, 1.54) is 25.5 Å². The highest BCUT2D eigenvalue weighted by atomic mass is 16.6. The maximum atomic E-state index is 11.0. The molecule has 3 heterocycles. The van der Waals surface area contributed by atoms with Crippen molar-refractivity contribution in [3.05, 3.63) is 70.5 Å². The molecule has 0 aliphatic carbocycles. The number of aromatic nitrogens is 4. The minimum Gasteiger partial charge on any atom is -0.496 e. The molecule has 11 heteroatoms. The van der Waals surface area contributed by atoms with Crippen molar-refractivity contribution in [1.29, 1.82) is 0 Å². The molecular weight excluding hydrogens is 414 g/mol. The number of ether oxygens (including phenoxy) is 1. The van der Waals surface area contributed by atoms with Crippen molar-refractivity contribution in [2.75, 3.05) is 12.5 Å². The number of non-ortho nitro benzene ring substituents is 1. The topological polar surface area (TPSA) is 144 Å². The highest BCUT2D eigenvalue weighted by molar-refractivity contribution is 6.03. The van der Waals surface area contributed by atoms with Gasteiger partial charge in [0.15, 0.2) is 5.65 Å². The number of hydrogen-bond acceptors (Lipinski definition) is 9. The van der Waals surface area contributed by atoms with Crippen LogP contribution in [0.3, 0.4) is 0 Å². The molecule has 0 saturated heterocycles. The fourth-order valence-corrected chi connectivity index (χ4v) is 3.29. The summed E-state index contributed by atoms with van der Waals surface area (Å²) >= 11 is 0. The van der Waals surface area contributed by atoms with E-state index in [1.54, 1.807) is 18.2 Å². The Morgan fingerprint density at radius 3 is 2.91 bits per heavy atom. The van der Waals surface area contributed by atoms with Crippen molar-refractivity contribution in [1.82, 2.24) is 20.2 Å². The minimum absolute atomic E-state index is 0.0660. The number of furan rings is 1. The van der Waals surface area contributed by atoms with Gasteiger partial charge in [0.1, 0.15) is 22.8 Å². The number of anilines is 1. The van der Waals surface area contributed by atoms with Gasteiger partial charge in [0.05, 0.1) is 29.9 Å². The average Bonchev–Trinajstić information content (AvgIpc) is 3.42. The van der Waals surface area contributed by atoms with Crippen LogP contribution in [0.15, 0.2) is 64.1 Å². The smallest absolute Gasteiger partial charge is 0.273 e. The summed E-state index contributed by atoms with van der Waals surface area (Å²) in [5.41, 5.74) is 5.46. The van der Waals surface area contributed by atoms with Crippen LogP contribution in [0.1, 0.15) is 5.76 Å². The van der Waals surface area contributed by atoms with Crippen molar-refractivity contribution in [3.8, 4) is 17.1 Å². The van der Waals surface area contributed by atoms with Gasteiger partial charge in [-0.3, -0.25) is 10.1 Å². The first-order chi connectivity index (χ1) is 15.6. The summed E-state index contributed by atoms with van der Waals surface area (Å²) in [6.07, 6.45) is 1.46. The molecule has 5 aromatic rings. The van der Waals surface area contributed by atoms with E-state index in [1.807, 2.05) is 24.3 Å². The summed E-state index contributed by atoms with van der Waals surface area (Å²) in [6.45, 7) is 0. The van der Waals surface area contributed by atoms with Crippen LogP contribution in [0.5, 0.6) is 5.75 Å². The quantitative estimate of drug-likeness (QED) is 0.233. The van der Waals surface area contributed by atoms with E-state index in [9.17, 15) is 10.1 Å². The number of hydrazone groups is 1. The molecule has 0 radical (unpaired) electrons. The molecule has 0 atom stereocenters. The zero-order valence-electron chi connectivity index (χ0n) is 16.6. The van der Waals surface area contributed by atoms with Crippen molar-refractivity contribution in [2.24, 2.45) is 5.10 Å². The average molecular weight is 429 g/mol. The van der Waals surface area contributed by atoms with Gasteiger partial charge < -0.3 is 14.1 Å². The molecule has 5 rings (SSSR count). The van der Waals surface area contributed by atoms with Crippen molar-refractivity contribution in [2.45, 2.75) is 0 Å². The van der Waals surface area contributed by atoms with Gasteiger partial charge in [-0.05, 0) is 24.3 Å². The molecule has 0 unspecified atom stereocenters. The maximum absolute atomic E-state index is 11.0. The second-order valence-electron chi connectivity index (χ2n) is 6.72. The lowest BCUT2D eigenvalue weighted by atomic mass is 10.1. The Bertz CT molecular complexity index is 1490. The number of para-hydroxylation sites is 1. The van der Waals surface area contributed by atoms with Crippen LogP contribution >= 0.6 is 0 Å². The van der Waals surface area contributed by atoms with Gasteiger partial charge in [-0.2, -0.15) is 10.1 Å². The molecule has 0 bridgehead atoms. The second-order valence-corrected chi connectivity index (χ2v) is 6.72. The third-order valence-corrected chi connectivity index (χ3v) is 4.77.